The van der Waals surface area contributed by atoms with E-state index in [0.717, 1.165) is 6.54 Å². The van der Waals surface area contributed by atoms with E-state index in [1.165, 1.54) is 0 Å². The van der Waals surface area contributed by atoms with Gasteiger partial charge in [-0.25, -0.2) is 0 Å². The highest BCUT2D eigenvalue weighted by atomic mass is 16.6. The quantitative estimate of drug-likeness (QED) is 0.406. The Hall–Kier alpha value is -0.640. The van der Waals surface area contributed by atoms with Gasteiger partial charge in [-0.05, 0) is 14.1 Å². The third-order valence-corrected chi connectivity index (χ3v) is 0.946. The molecule has 0 aliphatic heterocycles. The maximum absolute atomic E-state index is 9.77. The average molecular weight is 132 g/mol. The van der Waals surface area contributed by atoms with Crippen molar-refractivity contribution in [3.63, 3.8) is 0 Å². The first-order valence-corrected chi connectivity index (χ1v) is 2.89. The van der Waals surface area contributed by atoms with Gasteiger partial charge in [0.2, 0.25) is 6.54 Å². The lowest BCUT2D eigenvalue weighted by Crippen LogP contribution is -2.16. The van der Waals surface area contributed by atoms with Gasteiger partial charge >= 0.3 is 0 Å². The lowest BCUT2D eigenvalue weighted by Gasteiger charge is -2.05. The molecule has 0 fully saturated rings. The van der Waals surface area contributed by atoms with Crippen molar-refractivity contribution in [1.29, 1.82) is 0 Å². The lowest BCUT2D eigenvalue weighted by molar-refractivity contribution is -0.480. The van der Waals surface area contributed by atoms with Gasteiger partial charge in [-0.2, -0.15) is 0 Å². The molecule has 0 aliphatic carbocycles. The van der Waals surface area contributed by atoms with E-state index in [4.69, 9.17) is 0 Å². The van der Waals surface area contributed by atoms with Gasteiger partial charge in [0.1, 0.15) is 0 Å². The van der Waals surface area contributed by atoms with E-state index in [1.54, 1.807) is 0 Å². The molecule has 0 bridgehead atoms. The fourth-order valence-corrected chi connectivity index (χ4v) is 0.516. The fourth-order valence-electron chi connectivity index (χ4n) is 0.516. The van der Waals surface area contributed by atoms with Crippen LogP contribution in [0.1, 0.15) is 6.42 Å². The molecule has 0 unspecified atom stereocenters. The van der Waals surface area contributed by atoms with E-state index in [0.29, 0.717) is 6.42 Å². The summed E-state index contributed by atoms with van der Waals surface area (Å²) < 4.78 is 0. The zero-order valence-electron chi connectivity index (χ0n) is 5.83. The summed E-state index contributed by atoms with van der Waals surface area (Å²) in [6, 6.07) is 0. The molecule has 0 aromatic carbocycles. The van der Waals surface area contributed by atoms with Gasteiger partial charge in [0, 0.05) is 17.9 Å². The van der Waals surface area contributed by atoms with Crippen LogP contribution in [-0.4, -0.2) is 37.0 Å². The van der Waals surface area contributed by atoms with Gasteiger partial charge in [-0.3, -0.25) is 10.1 Å². The largest absolute Gasteiger partial charge is 0.309 e. The lowest BCUT2D eigenvalue weighted by atomic mass is 10.4. The molecule has 0 amide bonds. The maximum atomic E-state index is 9.77. The van der Waals surface area contributed by atoms with Crippen molar-refractivity contribution in [2.75, 3.05) is 27.2 Å². The van der Waals surface area contributed by atoms with Gasteiger partial charge in [-0.15, -0.1) is 0 Å². The van der Waals surface area contributed by atoms with E-state index >= 15 is 0 Å². The van der Waals surface area contributed by atoms with E-state index < -0.39 is 0 Å². The Labute approximate surface area is 54.6 Å². The highest BCUT2D eigenvalue weighted by Crippen LogP contribution is 1.82. The summed E-state index contributed by atoms with van der Waals surface area (Å²) in [5.41, 5.74) is 0. The SMILES string of the molecule is CN(C)CCC[N+](=O)[O-]. The zero-order valence-corrected chi connectivity index (χ0v) is 5.83. The van der Waals surface area contributed by atoms with Gasteiger partial charge in [0.25, 0.3) is 0 Å². The average Bonchev–Trinajstić information content (AvgIpc) is 1.63. The van der Waals surface area contributed by atoms with Crippen LogP contribution in [0.25, 0.3) is 0 Å². The predicted molar refractivity (Wildman–Crippen MR) is 35.0 cm³/mol. The number of hydrogen-bond acceptors (Lipinski definition) is 3. The van der Waals surface area contributed by atoms with Crippen LogP contribution in [0.3, 0.4) is 0 Å². The molecule has 0 atom stereocenters. The second-order valence-corrected chi connectivity index (χ2v) is 2.21. The summed E-state index contributed by atoms with van der Waals surface area (Å²) >= 11 is 0. The van der Waals surface area contributed by atoms with Crippen LogP contribution in [0.15, 0.2) is 0 Å². The molecular formula is C5H12N2O2. The van der Waals surface area contributed by atoms with Crippen molar-refractivity contribution >= 4 is 0 Å². The number of rotatable bonds is 4. The zero-order chi connectivity index (χ0) is 7.28. The summed E-state index contributed by atoms with van der Waals surface area (Å²) in [6.07, 6.45) is 0.639. The first-order valence-electron chi connectivity index (χ1n) is 2.89. The molecule has 0 radical (unpaired) electrons. The summed E-state index contributed by atoms with van der Waals surface area (Å²) in [6.45, 7) is 0.874. The summed E-state index contributed by atoms with van der Waals surface area (Å²) in [7, 11) is 3.81. The van der Waals surface area contributed by atoms with Crippen LogP contribution < -0.4 is 0 Å². The molecule has 0 N–H and O–H groups in total. The molecule has 0 heterocycles. The van der Waals surface area contributed by atoms with Crippen LogP contribution in [0.4, 0.5) is 0 Å². The highest BCUT2D eigenvalue weighted by molar-refractivity contribution is 4.40. The second-order valence-electron chi connectivity index (χ2n) is 2.21. The highest BCUT2D eigenvalue weighted by Gasteiger charge is 1.96. The van der Waals surface area contributed by atoms with E-state index in [1.807, 2.05) is 19.0 Å². The van der Waals surface area contributed by atoms with E-state index in [2.05, 4.69) is 0 Å². The number of nitro groups is 1. The molecule has 9 heavy (non-hydrogen) atoms. The minimum atomic E-state index is -0.288. The molecular weight excluding hydrogens is 120 g/mol. The van der Waals surface area contributed by atoms with Crippen LogP contribution in [-0.2, 0) is 0 Å². The van der Waals surface area contributed by atoms with Crippen LogP contribution in [0.5, 0.6) is 0 Å². The third-order valence-electron chi connectivity index (χ3n) is 0.946. The van der Waals surface area contributed by atoms with Gasteiger partial charge in [-0.1, -0.05) is 0 Å². The molecule has 0 aromatic heterocycles. The van der Waals surface area contributed by atoms with Gasteiger partial charge in [0.15, 0.2) is 0 Å². The number of hydrogen-bond donors (Lipinski definition) is 0. The smallest absolute Gasteiger partial charge is 0.205 e. The first-order chi connectivity index (χ1) is 4.13. The summed E-state index contributed by atoms with van der Waals surface area (Å²) in [4.78, 5) is 11.4. The molecule has 0 rings (SSSR count). The van der Waals surface area contributed by atoms with Gasteiger partial charge in [0.05, 0.1) is 0 Å². The Morgan fingerprint density at radius 2 is 2.11 bits per heavy atom. The standard InChI is InChI=1S/C5H12N2O2/c1-6(2)4-3-5-7(8)9/h3-5H2,1-2H3. The first kappa shape index (κ1) is 8.36. The second kappa shape index (κ2) is 4.26. The van der Waals surface area contributed by atoms with Gasteiger partial charge < -0.3 is 4.90 Å². The molecule has 0 aliphatic rings. The van der Waals surface area contributed by atoms with Crippen LogP contribution in [0.2, 0.25) is 0 Å². The third kappa shape index (κ3) is 7.36. The van der Waals surface area contributed by atoms with Crippen molar-refractivity contribution in [2.24, 2.45) is 0 Å². The molecule has 0 saturated heterocycles. The van der Waals surface area contributed by atoms with Crippen molar-refractivity contribution in [3.05, 3.63) is 10.1 Å². The van der Waals surface area contributed by atoms with Crippen molar-refractivity contribution in [3.8, 4) is 0 Å². The van der Waals surface area contributed by atoms with Crippen LogP contribution in [0, 0.1) is 10.1 Å². The normalized spacial score (nSPS) is 10.1. The van der Waals surface area contributed by atoms with Crippen LogP contribution >= 0.6 is 0 Å². The predicted octanol–water partition coefficient (Wildman–Crippen LogP) is 0.215. The topological polar surface area (TPSA) is 46.4 Å². The minimum absolute atomic E-state index is 0.0815. The Morgan fingerprint density at radius 3 is 2.44 bits per heavy atom. The Bertz CT molecular complexity index is 93.0. The van der Waals surface area contributed by atoms with E-state index in [-0.39, 0.29) is 11.5 Å². The minimum Gasteiger partial charge on any atom is -0.309 e. The number of nitrogens with zero attached hydrogens (tertiary/aromatic N) is 2. The van der Waals surface area contributed by atoms with E-state index in [9.17, 15) is 10.1 Å². The molecule has 0 aromatic rings. The van der Waals surface area contributed by atoms with Crippen molar-refractivity contribution < 1.29 is 4.92 Å². The molecule has 54 valence electrons. The Morgan fingerprint density at radius 1 is 1.56 bits per heavy atom. The summed E-state index contributed by atoms with van der Waals surface area (Å²) in [5.74, 6) is 0. The fraction of sp³-hybridized carbons (Fsp3) is 1.00. The monoisotopic (exact) mass is 132 g/mol. The Kier molecular flexibility index (Phi) is 3.96. The Balaban J connectivity index is 3.01. The molecule has 0 spiro atoms. The van der Waals surface area contributed by atoms with Crippen molar-refractivity contribution in [1.82, 2.24) is 4.90 Å². The van der Waals surface area contributed by atoms with Crippen molar-refractivity contribution in [2.45, 2.75) is 6.42 Å². The molecule has 4 heteroatoms. The summed E-state index contributed by atoms with van der Waals surface area (Å²) in [5, 5.41) is 9.77. The molecule has 0 saturated carbocycles. The maximum Gasteiger partial charge on any atom is 0.205 e. The molecule has 4 nitrogen and oxygen atoms in total.